The van der Waals surface area contributed by atoms with Crippen molar-refractivity contribution in [3.63, 3.8) is 0 Å². The number of fused-ring (bicyclic) bond motifs is 1. The first-order valence-corrected chi connectivity index (χ1v) is 14.6. The van der Waals surface area contributed by atoms with Gasteiger partial charge in [0.25, 0.3) is 0 Å². The summed E-state index contributed by atoms with van der Waals surface area (Å²) in [6.45, 7) is 25.6. The van der Waals surface area contributed by atoms with Crippen LogP contribution in [0, 0.1) is 16.7 Å². The van der Waals surface area contributed by atoms with Gasteiger partial charge in [-0.05, 0) is 37.0 Å². The highest BCUT2D eigenvalue weighted by atomic mass is 28.4. The second-order valence-corrected chi connectivity index (χ2v) is 16.4. The zero-order valence-electron chi connectivity index (χ0n) is 21.1. The zero-order valence-corrected chi connectivity index (χ0v) is 22.1. The first-order valence-electron chi connectivity index (χ1n) is 11.7. The Kier molecular flexibility index (Phi) is 6.12. The van der Waals surface area contributed by atoms with E-state index in [1.54, 1.807) is 0 Å². The van der Waals surface area contributed by atoms with Crippen molar-refractivity contribution in [1.82, 2.24) is 0 Å². The molecule has 2 atom stereocenters. The second kappa shape index (κ2) is 7.74. The minimum atomic E-state index is -2.11. The smallest absolute Gasteiger partial charge is 0.313 e. The molecule has 0 aromatic heterocycles. The lowest BCUT2D eigenvalue weighted by atomic mass is 9.50. The van der Waals surface area contributed by atoms with Gasteiger partial charge in [-0.25, -0.2) is 0 Å². The van der Waals surface area contributed by atoms with Crippen LogP contribution in [0.3, 0.4) is 0 Å². The van der Waals surface area contributed by atoms with Crippen molar-refractivity contribution in [3.05, 3.63) is 23.5 Å². The van der Waals surface area contributed by atoms with Gasteiger partial charge in [0.15, 0.2) is 5.79 Å². The Morgan fingerprint density at radius 2 is 1.74 bits per heavy atom. The topological polar surface area (TPSA) is 54.0 Å². The van der Waals surface area contributed by atoms with E-state index in [1.807, 2.05) is 6.92 Å². The summed E-state index contributed by atoms with van der Waals surface area (Å²) in [5, 5.41) is 0.0626. The number of hydrogen-bond acceptors (Lipinski definition) is 5. The minimum absolute atomic E-state index is 0.0626. The summed E-state index contributed by atoms with van der Waals surface area (Å²) >= 11 is 0. The number of allylic oxidation sites excluding steroid dienone is 1. The fraction of sp³-hybridized carbons (Fsp3) is 0.800. The fourth-order valence-corrected chi connectivity index (χ4v) is 6.83. The summed E-state index contributed by atoms with van der Waals surface area (Å²) in [6, 6.07) is 0. The van der Waals surface area contributed by atoms with Crippen molar-refractivity contribution in [1.29, 1.82) is 0 Å². The number of esters is 1. The Bertz CT molecular complexity index is 782. The molecular weight excluding hydrogens is 408 g/mol. The maximum Gasteiger partial charge on any atom is 0.313 e. The van der Waals surface area contributed by atoms with E-state index in [0.717, 1.165) is 29.7 Å². The lowest BCUT2D eigenvalue weighted by molar-refractivity contribution is -0.243. The average Bonchev–Trinajstić information content (AvgIpc) is 3.08. The highest BCUT2D eigenvalue weighted by Gasteiger charge is 2.65. The molecule has 176 valence electrons. The lowest BCUT2D eigenvalue weighted by Gasteiger charge is -2.59. The van der Waals surface area contributed by atoms with Gasteiger partial charge in [0.2, 0.25) is 8.32 Å². The van der Waals surface area contributed by atoms with Crippen LogP contribution in [-0.2, 0) is 23.4 Å². The van der Waals surface area contributed by atoms with E-state index in [1.165, 1.54) is 0 Å². The molecule has 3 aliphatic rings. The maximum atomic E-state index is 13.1. The Hall–Kier alpha value is -1.11. The predicted octanol–water partition coefficient (Wildman–Crippen LogP) is 5.97. The molecule has 0 bridgehead atoms. The van der Waals surface area contributed by atoms with Crippen LogP contribution in [0.5, 0.6) is 0 Å². The highest BCUT2D eigenvalue weighted by Crippen LogP contribution is 2.65. The van der Waals surface area contributed by atoms with E-state index in [2.05, 4.69) is 61.2 Å². The van der Waals surface area contributed by atoms with E-state index in [4.69, 9.17) is 18.6 Å². The molecule has 0 amide bonds. The van der Waals surface area contributed by atoms with E-state index < -0.39 is 24.9 Å². The van der Waals surface area contributed by atoms with Gasteiger partial charge in [-0.1, -0.05) is 53.7 Å². The largest absolute Gasteiger partial charge is 0.546 e. The van der Waals surface area contributed by atoms with Gasteiger partial charge < -0.3 is 18.6 Å². The molecule has 3 rings (SSSR count). The molecule has 0 unspecified atom stereocenters. The number of hydrogen-bond donors (Lipinski definition) is 0. The van der Waals surface area contributed by atoms with Crippen LogP contribution in [0.4, 0.5) is 0 Å². The third-order valence-electron chi connectivity index (χ3n) is 8.29. The van der Waals surface area contributed by atoms with Crippen molar-refractivity contribution < 1.29 is 23.4 Å². The van der Waals surface area contributed by atoms with Gasteiger partial charge in [0.05, 0.1) is 31.5 Å². The van der Waals surface area contributed by atoms with Gasteiger partial charge in [-0.15, -0.1) is 0 Å². The molecule has 1 aliphatic heterocycles. The molecule has 1 spiro atoms. The molecule has 5 nitrogen and oxygen atoms in total. The molecule has 1 heterocycles. The zero-order chi connectivity index (χ0) is 23.5. The quantitative estimate of drug-likeness (QED) is 0.300. The van der Waals surface area contributed by atoms with Crippen LogP contribution in [-0.4, -0.2) is 39.9 Å². The Morgan fingerprint density at radius 3 is 2.26 bits per heavy atom. The van der Waals surface area contributed by atoms with Crippen LogP contribution in [0.25, 0.3) is 0 Å². The molecule has 1 saturated heterocycles. The van der Waals surface area contributed by atoms with Gasteiger partial charge in [-0.2, -0.15) is 0 Å². The van der Waals surface area contributed by atoms with Crippen LogP contribution < -0.4 is 0 Å². The molecule has 2 fully saturated rings. The molecule has 31 heavy (non-hydrogen) atoms. The molecule has 0 N–H and O–H groups in total. The number of ether oxygens (including phenoxy) is 3. The van der Waals surface area contributed by atoms with Crippen LogP contribution >= 0.6 is 0 Å². The number of carbonyl (C=O) groups excluding carboxylic acids is 1. The summed E-state index contributed by atoms with van der Waals surface area (Å²) in [5.74, 6) is -0.268. The van der Waals surface area contributed by atoms with Gasteiger partial charge in [-0.3, -0.25) is 4.79 Å². The Labute approximate surface area is 189 Å². The van der Waals surface area contributed by atoms with Crippen LogP contribution in [0.15, 0.2) is 23.5 Å². The Balaban J connectivity index is 2.21. The second-order valence-electron chi connectivity index (χ2n) is 11.7. The molecule has 0 aromatic rings. The molecule has 0 radical (unpaired) electrons. The number of carbonyl (C=O) groups is 1. The highest BCUT2D eigenvalue weighted by molar-refractivity contribution is 6.74. The van der Waals surface area contributed by atoms with E-state index in [-0.39, 0.29) is 16.9 Å². The third kappa shape index (κ3) is 3.72. The molecular formula is C25H42O5Si. The van der Waals surface area contributed by atoms with Crippen molar-refractivity contribution in [3.8, 4) is 0 Å². The first-order chi connectivity index (χ1) is 14.1. The fourth-order valence-electron chi connectivity index (χ4n) is 5.73. The molecule has 0 aromatic carbocycles. The lowest BCUT2D eigenvalue weighted by Crippen LogP contribution is -2.59. The first kappa shape index (κ1) is 24.5. The van der Waals surface area contributed by atoms with Gasteiger partial charge >= 0.3 is 5.97 Å². The van der Waals surface area contributed by atoms with Crippen LogP contribution in [0.1, 0.15) is 67.7 Å². The van der Waals surface area contributed by atoms with Gasteiger partial charge in [0, 0.05) is 23.7 Å². The third-order valence-corrected chi connectivity index (χ3v) is 12.7. The predicted molar refractivity (Wildman–Crippen MR) is 125 cm³/mol. The summed E-state index contributed by atoms with van der Waals surface area (Å²) in [5.41, 5.74) is 1.16. The van der Waals surface area contributed by atoms with Crippen molar-refractivity contribution in [2.24, 2.45) is 16.7 Å². The summed E-state index contributed by atoms with van der Waals surface area (Å²) < 4.78 is 25.0. The SMILES string of the molecule is C=C1CC(O[Si](C)(C)C(C)(C)C)=C2C(C)(C)C3(CC[C@]2(C)[C@H]1C(=O)OCC)OCCO3. The maximum absolute atomic E-state index is 13.1. The van der Waals surface area contributed by atoms with Crippen molar-refractivity contribution >= 4 is 14.3 Å². The minimum Gasteiger partial charge on any atom is -0.546 e. The van der Waals surface area contributed by atoms with Crippen molar-refractivity contribution in [2.45, 2.75) is 91.6 Å². The Morgan fingerprint density at radius 1 is 1.16 bits per heavy atom. The number of rotatable bonds is 4. The standard InChI is InChI=1S/C25H42O5Si/c1-11-27-21(26)19-17(2)16-18(30-31(9,10)22(3,4)5)20-23(6,7)25(28-14-15-29-25)13-12-24(19,20)8/h19H,2,11-16H2,1,3-10H3/t19-,24-/m1/s1. The van der Waals surface area contributed by atoms with Crippen molar-refractivity contribution in [2.75, 3.05) is 19.8 Å². The van der Waals surface area contributed by atoms with E-state index in [9.17, 15) is 4.79 Å². The molecule has 1 saturated carbocycles. The van der Waals surface area contributed by atoms with Gasteiger partial charge in [0.1, 0.15) is 0 Å². The average molecular weight is 451 g/mol. The van der Waals surface area contributed by atoms with Crippen LogP contribution in [0.2, 0.25) is 18.1 Å². The normalized spacial score (nSPS) is 30.4. The van der Waals surface area contributed by atoms with E-state index >= 15 is 0 Å². The summed E-state index contributed by atoms with van der Waals surface area (Å²) in [6.07, 6.45) is 2.05. The molecule has 2 aliphatic carbocycles. The summed E-state index contributed by atoms with van der Waals surface area (Å²) in [7, 11) is -2.11. The molecule has 6 heteroatoms. The van der Waals surface area contributed by atoms with E-state index in [0.29, 0.717) is 26.2 Å². The monoisotopic (exact) mass is 450 g/mol. The summed E-state index contributed by atoms with van der Waals surface area (Å²) in [4.78, 5) is 13.1.